The highest BCUT2D eigenvalue weighted by atomic mass is 16.6. The summed E-state index contributed by atoms with van der Waals surface area (Å²) in [5.74, 6) is -1.24. The number of phenols is 1. The van der Waals surface area contributed by atoms with Crippen LogP contribution in [0.2, 0.25) is 0 Å². The number of carboxylic acid groups (broad SMARTS) is 1. The highest BCUT2D eigenvalue weighted by Crippen LogP contribution is 2.20. The number of phenolic OH excluding ortho intramolecular Hbond substituents is 1. The Hall–Kier alpha value is -2.24. The van der Waals surface area contributed by atoms with Crippen LogP contribution in [0.5, 0.6) is 5.75 Å². The van der Waals surface area contributed by atoms with Gasteiger partial charge < -0.3 is 25.1 Å². The van der Waals surface area contributed by atoms with Crippen molar-refractivity contribution < 1.29 is 24.5 Å². The molecule has 110 valence electrons. The van der Waals surface area contributed by atoms with Crippen molar-refractivity contribution >= 4 is 12.1 Å². The molecule has 1 aromatic rings. The third-order valence-corrected chi connectivity index (χ3v) is 2.36. The van der Waals surface area contributed by atoms with Gasteiger partial charge >= 0.3 is 6.09 Å². The summed E-state index contributed by atoms with van der Waals surface area (Å²) in [6.45, 7) is 5.13. The van der Waals surface area contributed by atoms with Crippen LogP contribution in [-0.4, -0.2) is 22.8 Å². The van der Waals surface area contributed by atoms with Crippen molar-refractivity contribution in [3.05, 3.63) is 29.8 Å². The van der Waals surface area contributed by atoms with Gasteiger partial charge in [0.25, 0.3) is 0 Å². The van der Waals surface area contributed by atoms with E-state index >= 15 is 0 Å². The second-order valence-electron chi connectivity index (χ2n) is 5.37. The molecule has 1 amide bonds. The summed E-state index contributed by atoms with van der Waals surface area (Å²) in [5, 5.41) is 22.5. The minimum Gasteiger partial charge on any atom is -0.550 e. The molecule has 0 aromatic heterocycles. The lowest BCUT2D eigenvalue weighted by molar-refractivity contribution is -0.306. The zero-order valence-corrected chi connectivity index (χ0v) is 11.7. The van der Waals surface area contributed by atoms with Gasteiger partial charge in [-0.15, -0.1) is 0 Å². The quantitative estimate of drug-likeness (QED) is 0.860. The third-order valence-electron chi connectivity index (χ3n) is 2.36. The van der Waals surface area contributed by atoms with Crippen LogP contribution in [-0.2, 0) is 9.53 Å². The molecule has 6 nitrogen and oxygen atoms in total. The van der Waals surface area contributed by atoms with E-state index < -0.39 is 23.7 Å². The fraction of sp³-hybridized carbons (Fsp3) is 0.429. The molecule has 1 atom stereocenters. The lowest BCUT2D eigenvalue weighted by Crippen LogP contribution is -2.37. The number of ether oxygens (including phenoxy) is 1. The average molecular weight is 280 g/mol. The lowest BCUT2D eigenvalue weighted by Gasteiger charge is -2.24. The van der Waals surface area contributed by atoms with E-state index in [0.717, 1.165) is 0 Å². The van der Waals surface area contributed by atoms with E-state index in [4.69, 9.17) is 4.74 Å². The number of carbonyl (C=O) groups excluding carboxylic acids is 2. The van der Waals surface area contributed by atoms with E-state index in [-0.39, 0.29) is 12.2 Å². The summed E-state index contributed by atoms with van der Waals surface area (Å²) in [4.78, 5) is 22.5. The second-order valence-corrected chi connectivity index (χ2v) is 5.37. The zero-order valence-electron chi connectivity index (χ0n) is 11.7. The van der Waals surface area contributed by atoms with Crippen LogP contribution in [0.4, 0.5) is 4.79 Å². The summed E-state index contributed by atoms with van der Waals surface area (Å²) < 4.78 is 5.08. The molecule has 0 radical (unpaired) electrons. The molecule has 2 N–H and O–H groups in total. The van der Waals surface area contributed by atoms with Gasteiger partial charge in [-0.25, -0.2) is 4.79 Å². The topological polar surface area (TPSA) is 98.7 Å². The zero-order chi connectivity index (χ0) is 15.3. The van der Waals surface area contributed by atoms with E-state index in [9.17, 15) is 19.8 Å². The van der Waals surface area contributed by atoms with Gasteiger partial charge in [-0.3, -0.25) is 0 Å². The third kappa shape index (κ3) is 5.60. The molecule has 0 unspecified atom stereocenters. The number of aliphatic carboxylic acids is 1. The molecule has 0 fully saturated rings. The SMILES string of the molecule is CC(C)(C)OC(=O)N[C@H](CC(=O)[O-])c1ccc(O)cc1. The maximum Gasteiger partial charge on any atom is 0.408 e. The van der Waals surface area contributed by atoms with Gasteiger partial charge in [-0.1, -0.05) is 12.1 Å². The predicted octanol–water partition coefficient (Wildman–Crippen LogP) is 1.10. The molecular weight excluding hydrogens is 262 g/mol. The van der Waals surface area contributed by atoms with Gasteiger partial charge in [0.05, 0.1) is 6.04 Å². The first kappa shape index (κ1) is 15.8. The summed E-state index contributed by atoms with van der Waals surface area (Å²) in [5.41, 5.74) is -0.136. The Morgan fingerprint density at radius 3 is 2.30 bits per heavy atom. The lowest BCUT2D eigenvalue weighted by atomic mass is 10.0. The van der Waals surface area contributed by atoms with Crippen molar-refractivity contribution in [1.82, 2.24) is 5.32 Å². The molecular formula is C14H18NO5-. The molecule has 0 spiro atoms. The molecule has 0 aliphatic heterocycles. The number of nitrogens with one attached hydrogen (secondary N) is 1. The van der Waals surface area contributed by atoms with Gasteiger partial charge in [0.2, 0.25) is 0 Å². The number of carboxylic acids is 1. The molecule has 0 saturated heterocycles. The van der Waals surface area contributed by atoms with E-state index in [0.29, 0.717) is 5.56 Å². The number of carbonyl (C=O) groups is 2. The maximum absolute atomic E-state index is 11.7. The molecule has 0 bridgehead atoms. The molecule has 6 heteroatoms. The van der Waals surface area contributed by atoms with Gasteiger partial charge in [-0.05, 0) is 38.5 Å². The normalized spacial score (nSPS) is 12.6. The van der Waals surface area contributed by atoms with E-state index in [1.807, 2.05) is 0 Å². The highest BCUT2D eigenvalue weighted by molar-refractivity contribution is 5.71. The molecule has 0 aliphatic carbocycles. The molecule has 0 saturated carbocycles. The molecule has 20 heavy (non-hydrogen) atoms. The van der Waals surface area contributed by atoms with Crippen molar-refractivity contribution in [3.63, 3.8) is 0 Å². The standard InChI is InChI=1S/C14H19NO5/c1-14(2,3)20-13(19)15-11(8-12(17)18)9-4-6-10(16)7-5-9/h4-7,11,16H,8H2,1-3H3,(H,15,19)(H,17,18)/p-1/t11-/m1/s1. The maximum atomic E-state index is 11.7. The fourth-order valence-electron chi connectivity index (χ4n) is 1.58. The van der Waals surface area contributed by atoms with Crippen LogP contribution in [0.3, 0.4) is 0 Å². The monoisotopic (exact) mass is 280 g/mol. The summed E-state index contributed by atoms with van der Waals surface area (Å²) >= 11 is 0. The molecule has 1 aromatic carbocycles. The summed E-state index contributed by atoms with van der Waals surface area (Å²) in [6.07, 6.45) is -1.10. The summed E-state index contributed by atoms with van der Waals surface area (Å²) in [7, 11) is 0. The Balaban J connectivity index is 2.82. The highest BCUT2D eigenvalue weighted by Gasteiger charge is 2.20. The van der Waals surface area contributed by atoms with Crippen LogP contribution < -0.4 is 10.4 Å². The van der Waals surface area contributed by atoms with Gasteiger partial charge in [-0.2, -0.15) is 0 Å². The largest absolute Gasteiger partial charge is 0.550 e. The number of amides is 1. The first-order valence-electron chi connectivity index (χ1n) is 6.15. The van der Waals surface area contributed by atoms with Gasteiger partial charge in [0, 0.05) is 12.4 Å². The van der Waals surface area contributed by atoms with Crippen LogP contribution >= 0.6 is 0 Å². The van der Waals surface area contributed by atoms with Crippen molar-refractivity contribution in [2.24, 2.45) is 0 Å². The minimum atomic E-state index is -1.29. The van der Waals surface area contributed by atoms with Gasteiger partial charge in [0.1, 0.15) is 11.4 Å². The minimum absolute atomic E-state index is 0.0539. The molecule has 0 aliphatic rings. The smallest absolute Gasteiger partial charge is 0.408 e. The number of rotatable bonds is 4. The number of hydrogen-bond donors (Lipinski definition) is 2. The van der Waals surface area contributed by atoms with E-state index in [2.05, 4.69) is 5.32 Å². The van der Waals surface area contributed by atoms with E-state index in [1.54, 1.807) is 20.8 Å². The average Bonchev–Trinajstić information content (AvgIpc) is 2.25. The number of hydrogen-bond acceptors (Lipinski definition) is 5. The Labute approximate surface area is 117 Å². The van der Waals surface area contributed by atoms with Crippen molar-refractivity contribution in [1.29, 1.82) is 0 Å². The second kappa shape index (κ2) is 6.27. The predicted molar refractivity (Wildman–Crippen MR) is 69.8 cm³/mol. The fourth-order valence-corrected chi connectivity index (χ4v) is 1.58. The van der Waals surface area contributed by atoms with Crippen LogP contribution in [0.1, 0.15) is 38.8 Å². The molecule has 0 heterocycles. The Morgan fingerprint density at radius 2 is 1.85 bits per heavy atom. The van der Waals surface area contributed by atoms with E-state index in [1.165, 1.54) is 24.3 Å². The number of benzene rings is 1. The van der Waals surface area contributed by atoms with Crippen LogP contribution in [0, 0.1) is 0 Å². The van der Waals surface area contributed by atoms with Gasteiger partial charge in [0.15, 0.2) is 0 Å². The summed E-state index contributed by atoms with van der Waals surface area (Å²) in [6, 6.07) is 5.10. The first-order valence-corrected chi connectivity index (χ1v) is 6.15. The number of alkyl carbamates (subject to hydrolysis) is 1. The Kier molecular flexibility index (Phi) is 4.96. The number of aromatic hydroxyl groups is 1. The Bertz CT molecular complexity index is 475. The van der Waals surface area contributed by atoms with Crippen molar-refractivity contribution in [3.8, 4) is 5.75 Å². The first-order chi connectivity index (χ1) is 9.17. The molecule has 1 rings (SSSR count). The van der Waals surface area contributed by atoms with Crippen molar-refractivity contribution in [2.75, 3.05) is 0 Å². The van der Waals surface area contributed by atoms with Crippen LogP contribution in [0.25, 0.3) is 0 Å². The van der Waals surface area contributed by atoms with Crippen molar-refractivity contribution in [2.45, 2.75) is 38.8 Å². The Morgan fingerprint density at radius 1 is 1.30 bits per heavy atom. The van der Waals surface area contributed by atoms with Crippen LogP contribution in [0.15, 0.2) is 24.3 Å².